The highest BCUT2D eigenvalue weighted by Crippen LogP contribution is 2.19. The Morgan fingerprint density at radius 3 is 2.24 bits per heavy atom. The Morgan fingerprint density at radius 2 is 1.55 bits per heavy atom. The van der Waals surface area contributed by atoms with Crippen molar-refractivity contribution in [1.29, 1.82) is 0 Å². The van der Waals surface area contributed by atoms with Crippen LogP contribution in [0.5, 0.6) is 0 Å². The molecule has 7 nitrogen and oxygen atoms in total. The molecular weight excluding hydrogens is 370 g/mol. The van der Waals surface area contributed by atoms with Crippen LogP contribution in [0.1, 0.15) is 38.0 Å². The smallest absolute Gasteiger partial charge is 0.337 e. The topological polar surface area (TPSA) is 97.4 Å². The number of nitrogens with zero attached hydrogens (tertiary/aromatic N) is 1. The summed E-state index contributed by atoms with van der Waals surface area (Å²) in [5.41, 5.74) is 3.21. The molecule has 0 spiro atoms. The monoisotopic (exact) mass is 389 g/mol. The number of rotatable bonds is 6. The van der Waals surface area contributed by atoms with Crippen molar-refractivity contribution >= 4 is 34.7 Å². The number of methoxy groups -OCH3 is 1. The predicted molar refractivity (Wildman–Crippen MR) is 110 cm³/mol. The van der Waals surface area contributed by atoms with Crippen LogP contribution in [0.4, 0.5) is 17.1 Å². The van der Waals surface area contributed by atoms with Crippen LogP contribution in [-0.2, 0) is 4.74 Å². The minimum absolute atomic E-state index is 0.0295. The molecule has 3 rings (SSSR count). The van der Waals surface area contributed by atoms with Crippen molar-refractivity contribution in [2.75, 3.05) is 17.7 Å². The third-order valence-corrected chi connectivity index (χ3v) is 4.12. The molecule has 1 amide bonds. The fourth-order valence-corrected chi connectivity index (χ4v) is 2.63. The van der Waals surface area contributed by atoms with Gasteiger partial charge in [-0.3, -0.25) is 14.6 Å². The van der Waals surface area contributed by atoms with Crippen molar-refractivity contribution in [1.82, 2.24) is 4.98 Å². The summed E-state index contributed by atoms with van der Waals surface area (Å²) < 4.78 is 4.65. The van der Waals surface area contributed by atoms with Crippen molar-refractivity contribution in [2.24, 2.45) is 0 Å². The summed E-state index contributed by atoms with van der Waals surface area (Å²) >= 11 is 0. The molecule has 0 fully saturated rings. The fourth-order valence-electron chi connectivity index (χ4n) is 2.63. The minimum Gasteiger partial charge on any atom is -0.465 e. The van der Waals surface area contributed by atoms with Crippen LogP contribution in [0.25, 0.3) is 0 Å². The number of hydrogen-bond donors (Lipinski definition) is 2. The molecule has 7 heteroatoms. The van der Waals surface area contributed by atoms with Crippen molar-refractivity contribution in [2.45, 2.75) is 6.92 Å². The molecule has 0 saturated heterocycles. The second-order valence-electron chi connectivity index (χ2n) is 6.25. The molecule has 0 atom stereocenters. The van der Waals surface area contributed by atoms with Crippen LogP contribution < -0.4 is 10.6 Å². The zero-order chi connectivity index (χ0) is 20.8. The maximum absolute atomic E-state index is 12.5. The van der Waals surface area contributed by atoms with Gasteiger partial charge in [-0.1, -0.05) is 12.1 Å². The molecule has 0 bridgehead atoms. The minimum atomic E-state index is -0.445. The van der Waals surface area contributed by atoms with Gasteiger partial charge in [-0.2, -0.15) is 0 Å². The van der Waals surface area contributed by atoms with Gasteiger partial charge in [-0.25, -0.2) is 4.79 Å². The first-order chi connectivity index (χ1) is 14.0. The summed E-state index contributed by atoms with van der Waals surface area (Å²) in [7, 11) is 1.31. The Bertz CT molecular complexity index is 1060. The summed E-state index contributed by atoms with van der Waals surface area (Å²) in [5.74, 6) is -0.817. The number of aromatic nitrogens is 1. The molecule has 3 aromatic rings. The van der Waals surface area contributed by atoms with E-state index in [1.54, 1.807) is 54.7 Å². The van der Waals surface area contributed by atoms with E-state index in [-0.39, 0.29) is 11.7 Å². The van der Waals surface area contributed by atoms with Gasteiger partial charge in [0.2, 0.25) is 0 Å². The van der Waals surface area contributed by atoms with E-state index < -0.39 is 5.97 Å². The van der Waals surface area contributed by atoms with Crippen LogP contribution in [0.3, 0.4) is 0 Å². The number of anilines is 3. The van der Waals surface area contributed by atoms with E-state index in [0.29, 0.717) is 28.1 Å². The second kappa shape index (κ2) is 8.79. The fraction of sp³-hybridized carbons (Fsp3) is 0.0909. The molecule has 0 saturated carbocycles. The van der Waals surface area contributed by atoms with E-state index in [2.05, 4.69) is 20.4 Å². The number of Topliss-reactive ketones (excluding diaryl/α,β-unsaturated/α-hetero) is 1. The third-order valence-electron chi connectivity index (χ3n) is 4.12. The molecule has 1 aromatic heterocycles. The van der Waals surface area contributed by atoms with Crippen LogP contribution in [0.2, 0.25) is 0 Å². The lowest BCUT2D eigenvalue weighted by Gasteiger charge is -2.10. The lowest BCUT2D eigenvalue weighted by atomic mass is 10.1. The van der Waals surface area contributed by atoms with E-state index in [0.717, 1.165) is 5.69 Å². The lowest BCUT2D eigenvalue weighted by Crippen LogP contribution is -2.12. The quantitative estimate of drug-likeness (QED) is 0.487. The predicted octanol–water partition coefficient (Wildman–Crippen LogP) is 4.07. The molecule has 2 N–H and O–H groups in total. The Hall–Kier alpha value is -4.00. The number of ether oxygens (including phenoxy) is 1. The van der Waals surface area contributed by atoms with Crippen molar-refractivity contribution < 1.29 is 19.1 Å². The van der Waals surface area contributed by atoms with Gasteiger partial charge in [0.15, 0.2) is 5.78 Å². The first-order valence-corrected chi connectivity index (χ1v) is 8.79. The molecular formula is C22H19N3O4. The Labute approximate surface area is 167 Å². The zero-order valence-electron chi connectivity index (χ0n) is 15.9. The maximum atomic E-state index is 12.5. The molecule has 0 radical (unpaired) electrons. The van der Waals surface area contributed by atoms with Gasteiger partial charge in [0, 0.05) is 23.1 Å². The van der Waals surface area contributed by atoms with Crippen molar-refractivity contribution in [3.8, 4) is 0 Å². The van der Waals surface area contributed by atoms with Crippen LogP contribution in [0.15, 0.2) is 67.0 Å². The number of carbonyl (C=O) groups excluding carboxylic acids is 3. The van der Waals surface area contributed by atoms with Gasteiger partial charge >= 0.3 is 5.97 Å². The number of ketones is 1. The van der Waals surface area contributed by atoms with Gasteiger partial charge in [0.25, 0.3) is 5.91 Å². The zero-order valence-corrected chi connectivity index (χ0v) is 15.9. The average Bonchev–Trinajstić information content (AvgIpc) is 2.74. The Morgan fingerprint density at radius 1 is 0.828 bits per heavy atom. The number of carbonyl (C=O) groups is 3. The van der Waals surface area contributed by atoms with Crippen LogP contribution in [-0.4, -0.2) is 29.8 Å². The number of amides is 1. The summed E-state index contributed by atoms with van der Waals surface area (Å²) in [5, 5.41) is 5.89. The largest absolute Gasteiger partial charge is 0.465 e. The number of esters is 1. The first kappa shape index (κ1) is 19.8. The maximum Gasteiger partial charge on any atom is 0.337 e. The molecule has 0 aliphatic carbocycles. The first-order valence-electron chi connectivity index (χ1n) is 8.79. The summed E-state index contributed by atoms with van der Waals surface area (Å²) in [6.07, 6.45) is 3.04. The van der Waals surface area contributed by atoms with Gasteiger partial charge in [-0.05, 0) is 49.4 Å². The second-order valence-corrected chi connectivity index (χ2v) is 6.25. The molecule has 146 valence electrons. The van der Waals surface area contributed by atoms with E-state index in [1.165, 1.54) is 20.2 Å². The van der Waals surface area contributed by atoms with Crippen LogP contribution >= 0.6 is 0 Å². The van der Waals surface area contributed by atoms with Gasteiger partial charge in [-0.15, -0.1) is 0 Å². The average molecular weight is 389 g/mol. The van der Waals surface area contributed by atoms with E-state index in [1.807, 2.05) is 6.07 Å². The van der Waals surface area contributed by atoms with Crippen molar-refractivity contribution in [3.63, 3.8) is 0 Å². The SMILES string of the molecule is COC(=O)c1ccc(NC(=O)c2cncc(Nc3cccc(C(C)=O)c3)c2)cc1. The summed E-state index contributed by atoms with van der Waals surface area (Å²) in [4.78, 5) is 39.6. The highest BCUT2D eigenvalue weighted by Gasteiger charge is 2.10. The molecule has 0 aliphatic heterocycles. The number of nitrogens with one attached hydrogen (secondary N) is 2. The lowest BCUT2D eigenvalue weighted by molar-refractivity contribution is 0.0600. The molecule has 0 aliphatic rings. The summed E-state index contributed by atoms with van der Waals surface area (Å²) in [6, 6.07) is 15.1. The number of pyridine rings is 1. The Balaban J connectivity index is 1.71. The molecule has 1 heterocycles. The molecule has 2 aromatic carbocycles. The van der Waals surface area contributed by atoms with Gasteiger partial charge in [0.05, 0.1) is 30.1 Å². The van der Waals surface area contributed by atoms with Crippen molar-refractivity contribution in [3.05, 3.63) is 83.7 Å². The van der Waals surface area contributed by atoms with Gasteiger partial charge < -0.3 is 15.4 Å². The highest BCUT2D eigenvalue weighted by molar-refractivity contribution is 6.05. The van der Waals surface area contributed by atoms with Gasteiger partial charge in [0.1, 0.15) is 0 Å². The van der Waals surface area contributed by atoms with E-state index in [9.17, 15) is 14.4 Å². The van der Waals surface area contributed by atoms with Crippen LogP contribution in [0, 0.1) is 0 Å². The standard InChI is InChI=1S/C22H19N3O4/c1-14(26)16-4-3-5-19(10-16)24-20-11-17(12-23-13-20)21(27)25-18-8-6-15(7-9-18)22(28)29-2/h3-13,24H,1-2H3,(H,25,27). The van der Waals surface area contributed by atoms with E-state index >= 15 is 0 Å². The number of benzene rings is 2. The Kier molecular flexibility index (Phi) is 5.99. The third kappa shape index (κ3) is 5.04. The number of hydrogen-bond acceptors (Lipinski definition) is 6. The normalized spacial score (nSPS) is 10.1. The molecule has 0 unspecified atom stereocenters. The van der Waals surface area contributed by atoms with E-state index in [4.69, 9.17) is 0 Å². The molecule has 29 heavy (non-hydrogen) atoms. The highest BCUT2D eigenvalue weighted by atomic mass is 16.5. The summed E-state index contributed by atoms with van der Waals surface area (Å²) in [6.45, 7) is 1.50.